The predicted molar refractivity (Wildman–Crippen MR) is 101 cm³/mol. The minimum atomic E-state index is -0.244. The largest absolute Gasteiger partial charge is 0.507 e. The summed E-state index contributed by atoms with van der Waals surface area (Å²) in [6.45, 7) is 0. The molecule has 0 spiro atoms. The summed E-state index contributed by atoms with van der Waals surface area (Å²) < 4.78 is 1.35. The summed E-state index contributed by atoms with van der Waals surface area (Å²) in [4.78, 5) is 13.0. The number of phenols is 1. The van der Waals surface area contributed by atoms with Gasteiger partial charge in [-0.05, 0) is 30.3 Å². The average Bonchev–Trinajstić information content (AvgIpc) is 3.14. The SMILES string of the molecule is O=C(c1ccccc1)n1nc(-c2ccccc2)cc1-c1ccccc1O. The molecule has 4 aromatic rings. The lowest BCUT2D eigenvalue weighted by molar-refractivity contribution is 0.0947. The van der Waals surface area contributed by atoms with Crippen molar-refractivity contribution in [2.24, 2.45) is 0 Å². The molecule has 126 valence electrons. The number of phenolic OH excluding ortho intramolecular Hbond substituents is 1. The first-order valence-corrected chi connectivity index (χ1v) is 8.27. The Balaban J connectivity index is 1.90. The van der Waals surface area contributed by atoms with Gasteiger partial charge >= 0.3 is 0 Å². The van der Waals surface area contributed by atoms with Gasteiger partial charge in [0.1, 0.15) is 5.75 Å². The maximum atomic E-state index is 13.0. The number of benzene rings is 3. The average molecular weight is 340 g/mol. The van der Waals surface area contributed by atoms with Crippen LogP contribution in [-0.4, -0.2) is 20.8 Å². The van der Waals surface area contributed by atoms with Crippen molar-refractivity contribution in [2.75, 3.05) is 0 Å². The molecular formula is C22H16N2O2. The van der Waals surface area contributed by atoms with Crippen LogP contribution in [0.1, 0.15) is 10.4 Å². The highest BCUT2D eigenvalue weighted by Gasteiger charge is 2.19. The van der Waals surface area contributed by atoms with E-state index in [9.17, 15) is 9.90 Å². The Labute approximate surface area is 151 Å². The maximum absolute atomic E-state index is 13.0. The van der Waals surface area contributed by atoms with Crippen LogP contribution in [0.4, 0.5) is 0 Å². The van der Waals surface area contributed by atoms with Crippen LogP contribution in [0, 0.1) is 0 Å². The number of nitrogens with zero attached hydrogens (tertiary/aromatic N) is 2. The monoisotopic (exact) mass is 340 g/mol. The summed E-state index contributed by atoms with van der Waals surface area (Å²) in [5.41, 5.74) is 3.23. The van der Waals surface area contributed by atoms with E-state index in [1.807, 2.05) is 60.7 Å². The number of aromatic nitrogens is 2. The van der Waals surface area contributed by atoms with Gasteiger partial charge in [0, 0.05) is 16.7 Å². The van der Waals surface area contributed by atoms with Crippen LogP contribution in [-0.2, 0) is 0 Å². The van der Waals surface area contributed by atoms with Gasteiger partial charge in [-0.2, -0.15) is 9.78 Å². The van der Waals surface area contributed by atoms with Gasteiger partial charge < -0.3 is 5.11 Å². The van der Waals surface area contributed by atoms with Gasteiger partial charge in [0.25, 0.3) is 5.91 Å². The van der Waals surface area contributed by atoms with E-state index in [1.54, 1.807) is 30.3 Å². The summed E-state index contributed by atoms with van der Waals surface area (Å²) >= 11 is 0. The number of carbonyl (C=O) groups excluding carboxylic acids is 1. The molecule has 1 aromatic heterocycles. The zero-order valence-corrected chi connectivity index (χ0v) is 13.9. The van der Waals surface area contributed by atoms with Crippen molar-refractivity contribution in [2.45, 2.75) is 0 Å². The van der Waals surface area contributed by atoms with Crippen LogP contribution in [0.15, 0.2) is 91.0 Å². The molecule has 0 fully saturated rings. The van der Waals surface area contributed by atoms with Crippen molar-refractivity contribution in [3.63, 3.8) is 0 Å². The lowest BCUT2D eigenvalue weighted by Gasteiger charge is -2.07. The van der Waals surface area contributed by atoms with Crippen LogP contribution in [0.3, 0.4) is 0 Å². The highest BCUT2D eigenvalue weighted by atomic mass is 16.3. The Kier molecular flexibility index (Phi) is 4.07. The lowest BCUT2D eigenvalue weighted by atomic mass is 10.1. The van der Waals surface area contributed by atoms with Gasteiger partial charge in [-0.1, -0.05) is 60.7 Å². The van der Waals surface area contributed by atoms with Crippen molar-refractivity contribution in [3.05, 3.63) is 96.6 Å². The fourth-order valence-corrected chi connectivity index (χ4v) is 2.87. The predicted octanol–water partition coefficient (Wildman–Crippen LogP) is 4.61. The smallest absolute Gasteiger partial charge is 0.278 e. The molecule has 3 aromatic carbocycles. The third-order valence-corrected chi connectivity index (χ3v) is 4.17. The van der Waals surface area contributed by atoms with E-state index in [2.05, 4.69) is 5.10 Å². The Bertz CT molecular complexity index is 1050. The second-order valence-electron chi connectivity index (χ2n) is 5.88. The molecule has 0 radical (unpaired) electrons. The number of hydrogen-bond donors (Lipinski definition) is 1. The molecule has 0 atom stereocenters. The number of para-hydroxylation sites is 1. The van der Waals surface area contributed by atoms with Gasteiger partial charge in [-0.25, -0.2) is 0 Å². The molecular weight excluding hydrogens is 324 g/mol. The second-order valence-corrected chi connectivity index (χ2v) is 5.88. The number of hydrogen-bond acceptors (Lipinski definition) is 3. The van der Waals surface area contributed by atoms with E-state index in [0.29, 0.717) is 22.5 Å². The molecule has 0 aliphatic heterocycles. The Morgan fingerprint density at radius 1 is 0.808 bits per heavy atom. The van der Waals surface area contributed by atoms with E-state index in [-0.39, 0.29) is 11.7 Å². The highest BCUT2D eigenvalue weighted by Crippen LogP contribution is 2.32. The number of rotatable bonds is 3. The minimum Gasteiger partial charge on any atom is -0.507 e. The molecule has 4 nitrogen and oxygen atoms in total. The maximum Gasteiger partial charge on any atom is 0.278 e. The Morgan fingerprint density at radius 3 is 2.12 bits per heavy atom. The zero-order chi connectivity index (χ0) is 17.9. The molecule has 0 amide bonds. The standard InChI is InChI=1S/C22H16N2O2/c25-21-14-8-7-13-18(21)20-15-19(16-9-3-1-4-10-16)23-24(20)22(26)17-11-5-2-6-12-17/h1-15,25H. The molecule has 26 heavy (non-hydrogen) atoms. The summed E-state index contributed by atoms with van der Waals surface area (Å²) in [6, 6.07) is 27.4. The third-order valence-electron chi connectivity index (χ3n) is 4.17. The minimum absolute atomic E-state index is 0.106. The van der Waals surface area contributed by atoms with Gasteiger partial charge in [-0.15, -0.1) is 0 Å². The van der Waals surface area contributed by atoms with Gasteiger partial charge in [0.15, 0.2) is 0 Å². The molecule has 4 heteroatoms. The normalized spacial score (nSPS) is 10.6. The van der Waals surface area contributed by atoms with Gasteiger partial charge in [-0.3, -0.25) is 4.79 Å². The van der Waals surface area contributed by atoms with Crippen LogP contribution >= 0.6 is 0 Å². The molecule has 4 rings (SSSR count). The summed E-state index contributed by atoms with van der Waals surface area (Å²) in [5, 5.41) is 14.8. The molecule has 0 aliphatic rings. The van der Waals surface area contributed by atoms with Crippen molar-refractivity contribution in [1.29, 1.82) is 0 Å². The molecule has 0 saturated heterocycles. The molecule has 1 N–H and O–H groups in total. The molecule has 0 bridgehead atoms. The first-order valence-electron chi connectivity index (χ1n) is 8.27. The van der Waals surface area contributed by atoms with E-state index in [1.165, 1.54) is 4.68 Å². The fraction of sp³-hybridized carbons (Fsp3) is 0. The van der Waals surface area contributed by atoms with Crippen LogP contribution in [0.2, 0.25) is 0 Å². The molecule has 0 saturated carbocycles. The van der Waals surface area contributed by atoms with Crippen molar-refractivity contribution in [1.82, 2.24) is 9.78 Å². The van der Waals surface area contributed by atoms with E-state index in [4.69, 9.17) is 0 Å². The third kappa shape index (κ3) is 2.89. The topological polar surface area (TPSA) is 55.1 Å². The zero-order valence-electron chi connectivity index (χ0n) is 13.9. The molecule has 0 aliphatic carbocycles. The van der Waals surface area contributed by atoms with E-state index < -0.39 is 0 Å². The lowest BCUT2D eigenvalue weighted by Crippen LogP contribution is -2.15. The molecule has 0 unspecified atom stereocenters. The van der Waals surface area contributed by atoms with Crippen LogP contribution in [0.25, 0.3) is 22.5 Å². The van der Waals surface area contributed by atoms with Gasteiger partial charge in [0.2, 0.25) is 0 Å². The second kappa shape index (κ2) is 6.69. The number of carbonyl (C=O) groups is 1. The van der Waals surface area contributed by atoms with Crippen molar-refractivity contribution < 1.29 is 9.90 Å². The summed E-state index contributed by atoms with van der Waals surface area (Å²) in [5.74, 6) is -0.139. The molecule has 1 heterocycles. The Hall–Kier alpha value is -3.66. The van der Waals surface area contributed by atoms with E-state index >= 15 is 0 Å². The number of aromatic hydroxyl groups is 1. The summed E-state index contributed by atoms with van der Waals surface area (Å²) in [7, 11) is 0. The first-order chi connectivity index (χ1) is 12.7. The highest BCUT2D eigenvalue weighted by molar-refractivity contribution is 5.98. The quantitative estimate of drug-likeness (QED) is 0.592. The fourth-order valence-electron chi connectivity index (χ4n) is 2.87. The summed E-state index contributed by atoms with van der Waals surface area (Å²) in [6.07, 6.45) is 0. The van der Waals surface area contributed by atoms with Crippen molar-refractivity contribution >= 4 is 5.91 Å². The van der Waals surface area contributed by atoms with Crippen molar-refractivity contribution in [3.8, 4) is 28.3 Å². The van der Waals surface area contributed by atoms with Crippen LogP contribution in [0.5, 0.6) is 5.75 Å². The van der Waals surface area contributed by atoms with Crippen LogP contribution < -0.4 is 0 Å². The first kappa shape index (κ1) is 15.8. The van der Waals surface area contributed by atoms with Gasteiger partial charge in [0.05, 0.1) is 11.4 Å². The van der Waals surface area contributed by atoms with E-state index in [0.717, 1.165) is 5.56 Å². The Morgan fingerprint density at radius 2 is 1.42 bits per heavy atom.